The smallest absolute Gasteiger partial charge is 0.305 e. The van der Waals surface area contributed by atoms with Gasteiger partial charge < -0.3 is 19.7 Å². The molecule has 1 N–H and O–H groups in total. The molecule has 2 rings (SSSR count). The molecule has 2 atom stereocenters. The number of hydrogen-bond donors (Lipinski definition) is 1. The number of benzene rings is 1. The molecule has 1 aliphatic heterocycles. The van der Waals surface area contributed by atoms with Gasteiger partial charge >= 0.3 is 5.97 Å². The SMILES string of the molecule is CCNC(=NCCCC(=O)OCC)N1CC(C)OC(c2ccc(F)cc2)C1. The quantitative estimate of drug-likeness (QED) is 0.342. The van der Waals surface area contributed by atoms with Crippen LogP contribution in [0.4, 0.5) is 4.39 Å². The molecule has 0 aliphatic carbocycles. The third-order valence-electron chi connectivity index (χ3n) is 4.24. The molecule has 1 aromatic rings. The molecule has 6 nitrogen and oxygen atoms in total. The molecule has 0 spiro atoms. The highest BCUT2D eigenvalue weighted by molar-refractivity contribution is 5.80. The fraction of sp³-hybridized carbons (Fsp3) is 0.600. The van der Waals surface area contributed by atoms with Crippen molar-refractivity contribution in [1.82, 2.24) is 10.2 Å². The van der Waals surface area contributed by atoms with Crippen LogP contribution in [-0.4, -0.2) is 55.7 Å². The lowest BCUT2D eigenvalue weighted by atomic mass is 10.1. The van der Waals surface area contributed by atoms with Gasteiger partial charge in [0.15, 0.2) is 5.96 Å². The summed E-state index contributed by atoms with van der Waals surface area (Å²) in [6.45, 7) is 8.92. The van der Waals surface area contributed by atoms with Gasteiger partial charge in [0.25, 0.3) is 0 Å². The van der Waals surface area contributed by atoms with Crippen molar-refractivity contribution in [3.05, 3.63) is 35.6 Å². The lowest BCUT2D eigenvalue weighted by Crippen LogP contribution is -2.50. The number of hydrogen-bond acceptors (Lipinski definition) is 4. The Morgan fingerprint density at radius 1 is 1.33 bits per heavy atom. The van der Waals surface area contributed by atoms with Crippen molar-refractivity contribution in [3.63, 3.8) is 0 Å². The zero-order valence-corrected chi connectivity index (χ0v) is 16.4. The van der Waals surface area contributed by atoms with Gasteiger partial charge in [0.2, 0.25) is 0 Å². The molecule has 7 heteroatoms. The van der Waals surface area contributed by atoms with E-state index in [2.05, 4.69) is 15.2 Å². The van der Waals surface area contributed by atoms with Crippen LogP contribution in [0, 0.1) is 5.82 Å². The van der Waals surface area contributed by atoms with Crippen molar-refractivity contribution in [1.29, 1.82) is 0 Å². The van der Waals surface area contributed by atoms with E-state index in [1.54, 1.807) is 19.1 Å². The summed E-state index contributed by atoms with van der Waals surface area (Å²) in [6, 6.07) is 6.44. The minimum absolute atomic E-state index is 0.0252. The minimum Gasteiger partial charge on any atom is -0.466 e. The van der Waals surface area contributed by atoms with Crippen LogP contribution in [0.2, 0.25) is 0 Å². The van der Waals surface area contributed by atoms with Crippen LogP contribution in [0.25, 0.3) is 0 Å². The monoisotopic (exact) mass is 379 g/mol. The van der Waals surface area contributed by atoms with Gasteiger partial charge in [-0.15, -0.1) is 0 Å². The average molecular weight is 379 g/mol. The van der Waals surface area contributed by atoms with Crippen LogP contribution < -0.4 is 5.32 Å². The summed E-state index contributed by atoms with van der Waals surface area (Å²) in [4.78, 5) is 18.3. The Kier molecular flexibility index (Phi) is 8.51. The van der Waals surface area contributed by atoms with Gasteiger partial charge in [-0.25, -0.2) is 4.39 Å². The Labute approximate surface area is 160 Å². The first-order chi connectivity index (χ1) is 13.0. The van der Waals surface area contributed by atoms with E-state index in [0.29, 0.717) is 32.5 Å². The summed E-state index contributed by atoms with van der Waals surface area (Å²) in [7, 11) is 0. The van der Waals surface area contributed by atoms with Gasteiger partial charge in [-0.1, -0.05) is 12.1 Å². The summed E-state index contributed by atoms with van der Waals surface area (Å²) in [5, 5.41) is 3.31. The molecule has 1 saturated heterocycles. The summed E-state index contributed by atoms with van der Waals surface area (Å²) in [6.07, 6.45) is 0.902. The van der Waals surface area contributed by atoms with Crippen LogP contribution in [0.3, 0.4) is 0 Å². The first kappa shape index (κ1) is 21.2. The molecule has 1 fully saturated rings. The number of nitrogens with zero attached hydrogens (tertiary/aromatic N) is 2. The lowest BCUT2D eigenvalue weighted by Gasteiger charge is -2.38. The number of rotatable bonds is 7. The van der Waals surface area contributed by atoms with Crippen molar-refractivity contribution in [2.45, 2.75) is 45.8 Å². The summed E-state index contributed by atoms with van der Waals surface area (Å²) < 4.78 is 24.2. The van der Waals surface area contributed by atoms with E-state index >= 15 is 0 Å². The third-order valence-corrected chi connectivity index (χ3v) is 4.24. The van der Waals surface area contributed by atoms with Gasteiger partial charge in [-0.3, -0.25) is 9.79 Å². The van der Waals surface area contributed by atoms with Gasteiger partial charge in [-0.2, -0.15) is 0 Å². The molecule has 150 valence electrons. The molecule has 2 unspecified atom stereocenters. The molecular formula is C20H30FN3O3. The Morgan fingerprint density at radius 3 is 2.74 bits per heavy atom. The summed E-state index contributed by atoms with van der Waals surface area (Å²) in [5.74, 6) is 0.369. The second-order valence-electron chi connectivity index (χ2n) is 6.54. The Balaban J connectivity index is 2.00. The van der Waals surface area contributed by atoms with E-state index < -0.39 is 0 Å². The minimum atomic E-state index is -0.254. The number of halogens is 1. The maximum absolute atomic E-state index is 13.2. The number of aliphatic imine (C=N–C) groups is 1. The van der Waals surface area contributed by atoms with E-state index in [9.17, 15) is 9.18 Å². The maximum atomic E-state index is 13.2. The van der Waals surface area contributed by atoms with Crippen LogP contribution >= 0.6 is 0 Å². The van der Waals surface area contributed by atoms with E-state index in [1.165, 1.54) is 12.1 Å². The third kappa shape index (κ3) is 6.82. The van der Waals surface area contributed by atoms with Crippen molar-refractivity contribution < 1.29 is 18.7 Å². The van der Waals surface area contributed by atoms with Gasteiger partial charge in [0, 0.05) is 26.1 Å². The fourth-order valence-electron chi connectivity index (χ4n) is 3.05. The fourth-order valence-corrected chi connectivity index (χ4v) is 3.05. The zero-order valence-electron chi connectivity index (χ0n) is 16.4. The lowest BCUT2D eigenvalue weighted by molar-refractivity contribution is -0.143. The molecule has 0 radical (unpaired) electrons. The van der Waals surface area contributed by atoms with Crippen molar-refractivity contribution in [3.8, 4) is 0 Å². The molecule has 0 aromatic heterocycles. The van der Waals surface area contributed by atoms with Gasteiger partial charge in [0.05, 0.1) is 19.3 Å². The topological polar surface area (TPSA) is 63.2 Å². The van der Waals surface area contributed by atoms with E-state index in [4.69, 9.17) is 9.47 Å². The molecular weight excluding hydrogens is 349 g/mol. The maximum Gasteiger partial charge on any atom is 0.305 e. The molecule has 1 aromatic carbocycles. The summed E-state index contributed by atoms with van der Waals surface area (Å²) in [5.41, 5.74) is 0.950. The Hall–Kier alpha value is -2.15. The number of esters is 1. The molecule has 1 aliphatic rings. The number of nitrogens with one attached hydrogen (secondary N) is 1. The number of ether oxygens (including phenoxy) is 2. The normalized spacial score (nSPS) is 20.4. The summed E-state index contributed by atoms with van der Waals surface area (Å²) >= 11 is 0. The van der Waals surface area contributed by atoms with Gasteiger partial charge in [-0.05, 0) is 44.9 Å². The highest BCUT2D eigenvalue weighted by atomic mass is 19.1. The van der Waals surface area contributed by atoms with Crippen molar-refractivity contribution in [2.75, 3.05) is 32.8 Å². The standard InChI is InChI=1S/C20H30FN3O3/c1-4-22-20(23-12-6-7-19(25)26-5-2)24-13-15(3)27-18(14-24)16-8-10-17(21)11-9-16/h8-11,15,18H,4-7,12-14H2,1-3H3,(H,22,23). The number of guanidine groups is 1. The number of morpholine rings is 1. The molecule has 1 heterocycles. The number of carbonyl (C=O) groups excluding carboxylic acids is 1. The van der Waals surface area contributed by atoms with Crippen LogP contribution in [-0.2, 0) is 14.3 Å². The van der Waals surface area contributed by atoms with Crippen molar-refractivity contribution in [2.24, 2.45) is 4.99 Å². The predicted octanol–water partition coefficient (Wildman–Crippen LogP) is 2.90. The van der Waals surface area contributed by atoms with Gasteiger partial charge in [0.1, 0.15) is 11.9 Å². The molecule has 27 heavy (non-hydrogen) atoms. The predicted molar refractivity (Wildman–Crippen MR) is 103 cm³/mol. The van der Waals surface area contributed by atoms with E-state index in [-0.39, 0.29) is 24.0 Å². The van der Waals surface area contributed by atoms with E-state index in [1.807, 2.05) is 13.8 Å². The highest BCUT2D eigenvalue weighted by Crippen LogP contribution is 2.25. The first-order valence-electron chi connectivity index (χ1n) is 9.63. The molecule has 0 bridgehead atoms. The second kappa shape index (κ2) is 10.9. The van der Waals surface area contributed by atoms with Crippen LogP contribution in [0.5, 0.6) is 0 Å². The van der Waals surface area contributed by atoms with Crippen LogP contribution in [0.1, 0.15) is 45.3 Å². The first-order valence-corrected chi connectivity index (χ1v) is 9.63. The average Bonchev–Trinajstić information content (AvgIpc) is 2.64. The highest BCUT2D eigenvalue weighted by Gasteiger charge is 2.28. The molecule has 0 saturated carbocycles. The zero-order chi connectivity index (χ0) is 19.6. The second-order valence-corrected chi connectivity index (χ2v) is 6.54. The van der Waals surface area contributed by atoms with Crippen LogP contribution in [0.15, 0.2) is 29.3 Å². The Morgan fingerprint density at radius 2 is 2.07 bits per heavy atom. The van der Waals surface area contributed by atoms with E-state index in [0.717, 1.165) is 24.6 Å². The molecule has 0 amide bonds. The number of carbonyl (C=O) groups is 1. The largest absolute Gasteiger partial charge is 0.466 e. The Bertz CT molecular complexity index is 621. The van der Waals surface area contributed by atoms with Crippen molar-refractivity contribution >= 4 is 11.9 Å².